The minimum Gasteiger partial charge on any atom is -0.414 e. The quantitative estimate of drug-likeness (QED) is 0.487. The standard InChI is InChI=1S/C17H32OSi/c1-7-10-17-11-8-9-14(17)12-15(13-17)18-19(5,6)16(2,3)4/h7,10,14-15H,8-9,11-13H2,1-6H3/b10-7-/t14-,15+,17+/m0/s1. The van der Waals surface area contributed by atoms with Crippen LogP contribution in [0.1, 0.15) is 59.8 Å². The zero-order chi connectivity index (χ0) is 14.3. The van der Waals surface area contributed by atoms with Gasteiger partial charge in [-0.05, 0) is 62.1 Å². The molecule has 1 nitrogen and oxygen atoms in total. The Balaban J connectivity index is 2.07. The summed E-state index contributed by atoms with van der Waals surface area (Å²) in [6, 6.07) is 0. The largest absolute Gasteiger partial charge is 0.414 e. The van der Waals surface area contributed by atoms with E-state index in [0.717, 1.165) is 5.92 Å². The number of rotatable bonds is 3. The Kier molecular flexibility index (Phi) is 4.06. The molecule has 2 rings (SSSR count). The first-order valence-electron chi connectivity index (χ1n) is 8.02. The van der Waals surface area contributed by atoms with Gasteiger partial charge in [0.05, 0.1) is 0 Å². The summed E-state index contributed by atoms with van der Waals surface area (Å²) in [5.41, 5.74) is 0.488. The van der Waals surface area contributed by atoms with Gasteiger partial charge in [-0.1, -0.05) is 39.3 Å². The molecule has 0 spiro atoms. The Labute approximate surface area is 120 Å². The second-order valence-corrected chi connectivity index (χ2v) is 13.0. The highest BCUT2D eigenvalue weighted by molar-refractivity contribution is 6.74. The molecule has 0 aromatic carbocycles. The summed E-state index contributed by atoms with van der Waals surface area (Å²) in [4.78, 5) is 0. The van der Waals surface area contributed by atoms with Crippen LogP contribution >= 0.6 is 0 Å². The minimum absolute atomic E-state index is 0.332. The third-order valence-corrected chi connectivity index (χ3v) is 10.5. The van der Waals surface area contributed by atoms with E-state index in [0.29, 0.717) is 16.6 Å². The number of fused-ring (bicyclic) bond motifs is 1. The third-order valence-electron chi connectivity index (χ3n) is 5.93. The third kappa shape index (κ3) is 2.85. The van der Waals surface area contributed by atoms with Gasteiger partial charge in [0.15, 0.2) is 8.32 Å². The highest BCUT2D eigenvalue weighted by atomic mass is 28.4. The van der Waals surface area contributed by atoms with Crippen molar-refractivity contribution in [3.05, 3.63) is 12.2 Å². The van der Waals surface area contributed by atoms with E-state index in [2.05, 4.69) is 52.9 Å². The topological polar surface area (TPSA) is 9.23 Å². The summed E-state index contributed by atoms with van der Waals surface area (Å²) in [5, 5.41) is 0.332. The van der Waals surface area contributed by atoms with Crippen LogP contribution in [-0.4, -0.2) is 14.4 Å². The maximum absolute atomic E-state index is 6.68. The molecule has 3 atom stereocenters. The molecule has 0 bridgehead atoms. The molecular formula is C17H32OSi. The smallest absolute Gasteiger partial charge is 0.192 e. The van der Waals surface area contributed by atoms with Crippen molar-refractivity contribution in [1.82, 2.24) is 0 Å². The van der Waals surface area contributed by atoms with Crippen molar-refractivity contribution < 1.29 is 4.43 Å². The van der Waals surface area contributed by atoms with Gasteiger partial charge in [0, 0.05) is 6.10 Å². The molecule has 0 heterocycles. The van der Waals surface area contributed by atoms with Gasteiger partial charge in [0.1, 0.15) is 0 Å². The molecule has 2 aliphatic rings. The van der Waals surface area contributed by atoms with E-state index >= 15 is 0 Å². The summed E-state index contributed by atoms with van der Waals surface area (Å²) < 4.78 is 6.68. The van der Waals surface area contributed by atoms with E-state index in [4.69, 9.17) is 4.43 Å². The Morgan fingerprint density at radius 3 is 2.53 bits per heavy atom. The van der Waals surface area contributed by atoms with E-state index in [9.17, 15) is 0 Å². The molecular weight excluding hydrogens is 248 g/mol. The van der Waals surface area contributed by atoms with Crippen LogP contribution in [-0.2, 0) is 4.43 Å². The highest BCUT2D eigenvalue weighted by Crippen LogP contribution is 2.56. The maximum Gasteiger partial charge on any atom is 0.192 e. The summed E-state index contributed by atoms with van der Waals surface area (Å²) in [5.74, 6) is 0.887. The molecule has 0 saturated heterocycles. The van der Waals surface area contributed by atoms with Crippen LogP contribution in [0, 0.1) is 11.3 Å². The molecule has 0 aromatic heterocycles. The van der Waals surface area contributed by atoms with Crippen LogP contribution in [0.15, 0.2) is 12.2 Å². The van der Waals surface area contributed by atoms with Crippen molar-refractivity contribution in [2.24, 2.45) is 11.3 Å². The minimum atomic E-state index is -1.60. The summed E-state index contributed by atoms with van der Waals surface area (Å²) >= 11 is 0. The van der Waals surface area contributed by atoms with Crippen molar-refractivity contribution in [2.45, 2.75) is 84.0 Å². The molecule has 0 aliphatic heterocycles. The van der Waals surface area contributed by atoms with Gasteiger partial charge in [0.25, 0.3) is 0 Å². The van der Waals surface area contributed by atoms with Gasteiger partial charge in [-0.2, -0.15) is 0 Å². The summed E-state index contributed by atoms with van der Waals surface area (Å²) in [6.45, 7) is 14.0. The maximum atomic E-state index is 6.68. The fraction of sp³-hybridized carbons (Fsp3) is 0.882. The van der Waals surface area contributed by atoms with E-state index in [1.165, 1.54) is 32.1 Å². The van der Waals surface area contributed by atoms with Crippen LogP contribution in [0.2, 0.25) is 18.1 Å². The van der Waals surface area contributed by atoms with Gasteiger partial charge in [-0.25, -0.2) is 0 Å². The average Bonchev–Trinajstić information content (AvgIpc) is 2.71. The number of hydrogen-bond donors (Lipinski definition) is 0. The SMILES string of the molecule is C/C=C\[C@]12CCC[C@H]1C[C@@H](O[Si](C)(C)C(C)(C)C)C2. The van der Waals surface area contributed by atoms with Crippen LogP contribution in [0.4, 0.5) is 0 Å². The molecule has 2 heteroatoms. The van der Waals surface area contributed by atoms with Crippen molar-refractivity contribution in [3.63, 3.8) is 0 Å². The van der Waals surface area contributed by atoms with E-state index < -0.39 is 8.32 Å². The lowest BCUT2D eigenvalue weighted by molar-refractivity contribution is 0.172. The van der Waals surface area contributed by atoms with Gasteiger partial charge in [0.2, 0.25) is 0 Å². The van der Waals surface area contributed by atoms with Crippen LogP contribution < -0.4 is 0 Å². The Bertz CT molecular complexity index is 353. The van der Waals surface area contributed by atoms with Crippen molar-refractivity contribution in [3.8, 4) is 0 Å². The Morgan fingerprint density at radius 1 is 1.26 bits per heavy atom. The summed E-state index contributed by atoms with van der Waals surface area (Å²) in [7, 11) is -1.60. The molecule has 0 unspecified atom stereocenters. The second-order valence-electron chi connectivity index (χ2n) is 8.26. The molecule has 19 heavy (non-hydrogen) atoms. The second kappa shape index (κ2) is 5.03. The summed E-state index contributed by atoms with van der Waals surface area (Å²) in [6.07, 6.45) is 12.1. The molecule has 2 fully saturated rings. The van der Waals surface area contributed by atoms with Crippen LogP contribution in [0.5, 0.6) is 0 Å². The zero-order valence-corrected chi connectivity index (χ0v) is 14.8. The molecule has 0 amide bonds. The molecule has 110 valence electrons. The monoisotopic (exact) mass is 280 g/mol. The van der Waals surface area contributed by atoms with Gasteiger partial charge < -0.3 is 4.43 Å². The highest BCUT2D eigenvalue weighted by Gasteiger charge is 2.50. The van der Waals surface area contributed by atoms with Crippen LogP contribution in [0.25, 0.3) is 0 Å². The van der Waals surface area contributed by atoms with Gasteiger partial charge >= 0.3 is 0 Å². The number of allylic oxidation sites excluding steroid dienone is 2. The van der Waals surface area contributed by atoms with E-state index in [1.807, 2.05) is 0 Å². The first kappa shape index (κ1) is 15.3. The Hall–Kier alpha value is -0.0831. The fourth-order valence-corrected chi connectivity index (χ4v) is 5.28. The molecule has 2 saturated carbocycles. The predicted molar refractivity (Wildman–Crippen MR) is 85.9 cm³/mol. The Morgan fingerprint density at radius 2 is 1.95 bits per heavy atom. The first-order valence-corrected chi connectivity index (χ1v) is 10.9. The van der Waals surface area contributed by atoms with E-state index in [-0.39, 0.29) is 0 Å². The molecule has 0 N–H and O–H groups in total. The average molecular weight is 281 g/mol. The lowest BCUT2D eigenvalue weighted by Gasteiger charge is -2.39. The van der Waals surface area contributed by atoms with Gasteiger partial charge in [-0.3, -0.25) is 0 Å². The predicted octanol–water partition coefficient (Wildman–Crippen LogP) is 5.53. The molecule has 0 radical (unpaired) electrons. The van der Waals surface area contributed by atoms with E-state index in [1.54, 1.807) is 0 Å². The number of hydrogen-bond acceptors (Lipinski definition) is 1. The molecule has 0 aromatic rings. The zero-order valence-electron chi connectivity index (χ0n) is 13.8. The van der Waals surface area contributed by atoms with Gasteiger partial charge in [-0.15, -0.1) is 0 Å². The van der Waals surface area contributed by atoms with Crippen molar-refractivity contribution in [1.29, 1.82) is 0 Å². The molecule has 2 aliphatic carbocycles. The van der Waals surface area contributed by atoms with Crippen molar-refractivity contribution >= 4 is 8.32 Å². The lowest BCUT2D eigenvalue weighted by atomic mass is 9.80. The normalized spacial score (nSPS) is 36.1. The van der Waals surface area contributed by atoms with Crippen LogP contribution in [0.3, 0.4) is 0 Å². The first-order chi connectivity index (χ1) is 8.70. The lowest BCUT2D eigenvalue weighted by Crippen LogP contribution is -2.43. The fourth-order valence-electron chi connectivity index (χ4n) is 3.92. The van der Waals surface area contributed by atoms with Crippen molar-refractivity contribution in [2.75, 3.05) is 0 Å².